The number of hydrogen-bond donors (Lipinski definition) is 2. The summed E-state index contributed by atoms with van der Waals surface area (Å²) in [6.07, 6.45) is 0.994. The summed E-state index contributed by atoms with van der Waals surface area (Å²) in [6.45, 7) is 7.34. The largest absolute Gasteiger partial charge is 0.385 e. The van der Waals surface area contributed by atoms with Crippen LogP contribution in [0.25, 0.3) is 0 Å². The highest BCUT2D eigenvalue weighted by atomic mass is 19.1. The van der Waals surface area contributed by atoms with Crippen LogP contribution in [0.4, 0.5) is 10.1 Å². The predicted octanol–water partition coefficient (Wildman–Crippen LogP) is 3.07. The fourth-order valence-electron chi connectivity index (χ4n) is 2.16. The average molecular weight is 222 g/mol. The summed E-state index contributed by atoms with van der Waals surface area (Å²) in [4.78, 5) is 0. The van der Waals surface area contributed by atoms with Gasteiger partial charge in [-0.2, -0.15) is 0 Å². The van der Waals surface area contributed by atoms with Crippen molar-refractivity contribution in [2.45, 2.75) is 38.8 Å². The number of rotatable bonds is 1. The van der Waals surface area contributed by atoms with Crippen molar-refractivity contribution in [1.29, 1.82) is 0 Å². The Morgan fingerprint density at radius 1 is 1.38 bits per heavy atom. The molecule has 0 aromatic heterocycles. The van der Waals surface area contributed by atoms with Crippen molar-refractivity contribution in [2.24, 2.45) is 0 Å². The minimum atomic E-state index is -0.164. The summed E-state index contributed by atoms with van der Waals surface area (Å²) in [5.74, 6) is -0.164. The van der Waals surface area contributed by atoms with E-state index in [1.54, 1.807) is 6.07 Å². The zero-order chi connectivity index (χ0) is 11.8. The molecule has 2 N–H and O–H groups in total. The first kappa shape index (κ1) is 11.4. The van der Waals surface area contributed by atoms with Gasteiger partial charge in [-0.05, 0) is 51.0 Å². The lowest BCUT2D eigenvalue weighted by Crippen LogP contribution is -2.41. The highest BCUT2D eigenvalue weighted by Gasteiger charge is 2.24. The summed E-state index contributed by atoms with van der Waals surface area (Å²) in [5, 5.41) is 6.83. The molecule has 16 heavy (non-hydrogen) atoms. The second-order valence-electron chi connectivity index (χ2n) is 5.39. The summed E-state index contributed by atoms with van der Waals surface area (Å²) in [7, 11) is 0. The maximum atomic E-state index is 13.2. The number of hydrogen-bond acceptors (Lipinski definition) is 2. The lowest BCUT2D eigenvalue weighted by atomic mass is 9.95. The smallest absolute Gasteiger partial charge is 0.123 e. The van der Waals surface area contributed by atoms with Crippen LogP contribution < -0.4 is 10.6 Å². The minimum absolute atomic E-state index is 0.0472. The van der Waals surface area contributed by atoms with Crippen LogP contribution in [-0.4, -0.2) is 12.1 Å². The number of benzene rings is 1. The fourth-order valence-corrected chi connectivity index (χ4v) is 2.16. The van der Waals surface area contributed by atoms with Gasteiger partial charge in [0, 0.05) is 23.8 Å². The van der Waals surface area contributed by atoms with Crippen LogP contribution in [0.5, 0.6) is 0 Å². The van der Waals surface area contributed by atoms with Gasteiger partial charge in [-0.3, -0.25) is 0 Å². The molecule has 1 aliphatic heterocycles. The molecule has 3 heteroatoms. The molecular weight excluding hydrogens is 203 g/mol. The van der Waals surface area contributed by atoms with Gasteiger partial charge >= 0.3 is 0 Å². The maximum absolute atomic E-state index is 13.2. The second kappa shape index (κ2) is 4.06. The van der Waals surface area contributed by atoms with Crippen molar-refractivity contribution in [3.63, 3.8) is 0 Å². The van der Waals surface area contributed by atoms with Gasteiger partial charge in [0.15, 0.2) is 0 Å². The van der Waals surface area contributed by atoms with Crippen LogP contribution in [0, 0.1) is 5.82 Å². The van der Waals surface area contributed by atoms with E-state index in [0.29, 0.717) is 0 Å². The molecule has 0 saturated heterocycles. The fraction of sp³-hybridized carbons (Fsp3) is 0.538. The SMILES string of the molecule is CC(C)(C)NC1CCNc2ccc(F)cc21. The molecular formula is C13H19FN2. The molecule has 1 unspecified atom stereocenters. The van der Waals surface area contributed by atoms with Crippen LogP contribution in [0.2, 0.25) is 0 Å². The average Bonchev–Trinajstić information content (AvgIpc) is 2.17. The molecule has 0 aliphatic carbocycles. The summed E-state index contributed by atoms with van der Waals surface area (Å²) >= 11 is 0. The summed E-state index contributed by atoms with van der Waals surface area (Å²) in [6, 6.07) is 5.20. The van der Waals surface area contributed by atoms with Gasteiger partial charge in [-0.25, -0.2) is 4.39 Å². The van der Waals surface area contributed by atoms with Gasteiger partial charge in [0.25, 0.3) is 0 Å². The van der Waals surface area contributed by atoms with Crippen LogP contribution in [0.3, 0.4) is 0 Å². The molecule has 88 valence electrons. The maximum Gasteiger partial charge on any atom is 0.123 e. The first-order valence-corrected chi connectivity index (χ1v) is 5.77. The normalized spacial score (nSPS) is 20.1. The lowest BCUT2D eigenvalue weighted by molar-refractivity contribution is 0.350. The van der Waals surface area contributed by atoms with Crippen LogP contribution in [0.1, 0.15) is 38.8 Å². The monoisotopic (exact) mass is 222 g/mol. The summed E-state index contributed by atoms with van der Waals surface area (Å²) in [5.41, 5.74) is 2.14. The molecule has 1 atom stereocenters. The molecule has 0 amide bonds. The molecule has 0 fully saturated rings. The third kappa shape index (κ3) is 2.53. The Morgan fingerprint density at radius 3 is 2.81 bits per heavy atom. The van der Waals surface area contributed by atoms with E-state index in [1.807, 2.05) is 6.07 Å². The Labute approximate surface area is 96.2 Å². The van der Waals surface area contributed by atoms with Crippen LogP contribution in [0.15, 0.2) is 18.2 Å². The highest BCUT2D eigenvalue weighted by Crippen LogP contribution is 2.31. The van der Waals surface area contributed by atoms with E-state index in [-0.39, 0.29) is 17.4 Å². The molecule has 2 rings (SSSR count). The zero-order valence-corrected chi connectivity index (χ0v) is 10.1. The van der Waals surface area contributed by atoms with Gasteiger partial charge in [-0.15, -0.1) is 0 Å². The van der Waals surface area contributed by atoms with Crippen molar-refractivity contribution in [3.8, 4) is 0 Å². The van der Waals surface area contributed by atoms with E-state index >= 15 is 0 Å². The standard InChI is InChI=1S/C13H19FN2/c1-13(2,3)16-12-6-7-15-11-5-4-9(14)8-10(11)12/h4-5,8,12,15-16H,6-7H2,1-3H3. The van der Waals surface area contributed by atoms with Gasteiger partial charge in [0.05, 0.1) is 0 Å². The topological polar surface area (TPSA) is 24.1 Å². The lowest BCUT2D eigenvalue weighted by Gasteiger charge is -2.33. The van der Waals surface area contributed by atoms with Crippen LogP contribution >= 0.6 is 0 Å². The van der Waals surface area contributed by atoms with Gasteiger partial charge < -0.3 is 10.6 Å². The predicted molar refractivity (Wildman–Crippen MR) is 65.1 cm³/mol. The van der Waals surface area contributed by atoms with Crippen molar-refractivity contribution in [3.05, 3.63) is 29.6 Å². The third-order valence-electron chi connectivity index (χ3n) is 2.74. The van der Waals surface area contributed by atoms with Gasteiger partial charge in [0.2, 0.25) is 0 Å². The Kier molecular flexibility index (Phi) is 2.89. The molecule has 0 bridgehead atoms. The first-order valence-electron chi connectivity index (χ1n) is 5.77. The molecule has 1 aromatic carbocycles. The Bertz CT molecular complexity index is 382. The van der Waals surface area contributed by atoms with Crippen molar-refractivity contribution in [2.75, 3.05) is 11.9 Å². The molecule has 1 aromatic rings. The summed E-state index contributed by atoms with van der Waals surface area (Å²) < 4.78 is 13.2. The molecule has 1 heterocycles. The minimum Gasteiger partial charge on any atom is -0.385 e. The van der Waals surface area contributed by atoms with Crippen LogP contribution in [-0.2, 0) is 0 Å². The molecule has 0 saturated carbocycles. The van der Waals surface area contributed by atoms with E-state index < -0.39 is 0 Å². The van der Waals surface area contributed by atoms with Crippen molar-refractivity contribution < 1.29 is 4.39 Å². The van der Waals surface area contributed by atoms with E-state index in [9.17, 15) is 4.39 Å². The molecule has 1 aliphatic rings. The molecule has 0 spiro atoms. The molecule has 2 nitrogen and oxygen atoms in total. The Balaban J connectivity index is 2.28. The number of halogens is 1. The zero-order valence-electron chi connectivity index (χ0n) is 10.1. The van der Waals surface area contributed by atoms with E-state index in [0.717, 1.165) is 24.2 Å². The quantitative estimate of drug-likeness (QED) is 0.763. The first-order chi connectivity index (χ1) is 7.46. The van der Waals surface area contributed by atoms with E-state index in [1.165, 1.54) is 6.07 Å². The molecule has 0 radical (unpaired) electrons. The van der Waals surface area contributed by atoms with E-state index in [2.05, 4.69) is 31.4 Å². The Morgan fingerprint density at radius 2 is 2.12 bits per heavy atom. The number of fused-ring (bicyclic) bond motifs is 1. The Hall–Kier alpha value is -1.09. The second-order valence-corrected chi connectivity index (χ2v) is 5.39. The highest BCUT2D eigenvalue weighted by molar-refractivity contribution is 5.54. The number of nitrogens with one attached hydrogen (secondary N) is 2. The van der Waals surface area contributed by atoms with Gasteiger partial charge in [-0.1, -0.05) is 0 Å². The third-order valence-corrected chi connectivity index (χ3v) is 2.74. The van der Waals surface area contributed by atoms with Gasteiger partial charge in [0.1, 0.15) is 5.82 Å². The van der Waals surface area contributed by atoms with Crippen molar-refractivity contribution in [1.82, 2.24) is 5.32 Å². The van der Waals surface area contributed by atoms with Crippen molar-refractivity contribution >= 4 is 5.69 Å². The number of anilines is 1. The van der Waals surface area contributed by atoms with E-state index in [4.69, 9.17) is 0 Å².